The molecule has 0 bridgehead atoms. The van der Waals surface area contributed by atoms with E-state index in [1.807, 2.05) is 42.3 Å². The summed E-state index contributed by atoms with van der Waals surface area (Å²) >= 11 is 0. The highest BCUT2D eigenvalue weighted by Gasteiger charge is 2.09. The largest absolute Gasteiger partial charge is 0.478 e. The number of carboxylic acid groups (broad SMARTS) is 1. The van der Waals surface area contributed by atoms with Gasteiger partial charge in [0.15, 0.2) is 0 Å². The molecule has 0 saturated heterocycles. The Morgan fingerprint density at radius 1 is 1.50 bits per heavy atom. The highest BCUT2D eigenvalue weighted by molar-refractivity contribution is 5.90. The first-order valence-corrected chi connectivity index (χ1v) is 6.07. The van der Waals surface area contributed by atoms with Crippen LogP contribution in [0.1, 0.15) is 5.56 Å². The second kappa shape index (κ2) is 5.89. The Balaban J connectivity index is 2.58. The summed E-state index contributed by atoms with van der Waals surface area (Å²) in [6, 6.07) is 9.58. The SMILES string of the molecule is C#CCN(C)c1nc2ccccc2cc1/C=C/C(=O)O. The Morgan fingerprint density at radius 3 is 2.95 bits per heavy atom. The minimum absolute atomic E-state index is 0.402. The van der Waals surface area contributed by atoms with E-state index < -0.39 is 5.97 Å². The number of fused-ring (bicyclic) bond motifs is 1. The van der Waals surface area contributed by atoms with Crippen LogP contribution in [0.3, 0.4) is 0 Å². The number of carboxylic acids is 1. The fourth-order valence-electron chi connectivity index (χ4n) is 1.92. The number of rotatable bonds is 4. The van der Waals surface area contributed by atoms with Gasteiger partial charge in [-0.2, -0.15) is 0 Å². The maximum Gasteiger partial charge on any atom is 0.328 e. The summed E-state index contributed by atoms with van der Waals surface area (Å²) in [5.74, 6) is 2.22. The van der Waals surface area contributed by atoms with Gasteiger partial charge >= 0.3 is 5.97 Å². The minimum Gasteiger partial charge on any atom is -0.478 e. The summed E-state index contributed by atoms with van der Waals surface area (Å²) in [5, 5.41) is 9.72. The van der Waals surface area contributed by atoms with Gasteiger partial charge in [-0.25, -0.2) is 9.78 Å². The van der Waals surface area contributed by atoms with E-state index in [1.165, 1.54) is 6.08 Å². The number of anilines is 1. The Hall–Kier alpha value is -2.80. The van der Waals surface area contributed by atoms with Crippen LogP contribution in [0.4, 0.5) is 5.82 Å². The third-order valence-corrected chi connectivity index (χ3v) is 2.83. The van der Waals surface area contributed by atoms with Crippen LogP contribution in [0.15, 0.2) is 36.4 Å². The standard InChI is InChI=1S/C16H14N2O2/c1-3-10-18(2)16-13(8-9-15(19)20)11-12-6-4-5-7-14(12)17-16/h1,4-9,11H,10H2,2H3,(H,19,20)/b9-8+. The number of nitrogens with zero attached hydrogens (tertiary/aromatic N) is 2. The van der Waals surface area contributed by atoms with E-state index in [2.05, 4.69) is 10.9 Å². The second-order valence-electron chi connectivity index (χ2n) is 4.33. The monoisotopic (exact) mass is 266 g/mol. The quantitative estimate of drug-likeness (QED) is 0.682. The van der Waals surface area contributed by atoms with E-state index in [4.69, 9.17) is 11.5 Å². The zero-order valence-electron chi connectivity index (χ0n) is 11.1. The Morgan fingerprint density at radius 2 is 2.25 bits per heavy atom. The van der Waals surface area contributed by atoms with E-state index in [0.717, 1.165) is 22.5 Å². The molecule has 1 N–H and O–H groups in total. The fraction of sp³-hybridized carbons (Fsp3) is 0.125. The average Bonchev–Trinajstić information content (AvgIpc) is 2.44. The van der Waals surface area contributed by atoms with E-state index >= 15 is 0 Å². The average molecular weight is 266 g/mol. The molecule has 4 nitrogen and oxygen atoms in total. The molecular weight excluding hydrogens is 252 g/mol. The first-order valence-electron chi connectivity index (χ1n) is 6.07. The minimum atomic E-state index is -0.997. The fourth-order valence-corrected chi connectivity index (χ4v) is 1.92. The van der Waals surface area contributed by atoms with Crippen molar-refractivity contribution in [1.29, 1.82) is 0 Å². The molecule has 100 valence electrons. The predicted molar refractivity (Wildman–Crippen MR) is 80.5 cm³/mol. The van der Waals surface area contributed by atoms with Gasteiger partial charge in [-0.15, -0.1) is 6.42 Å². The molecule has 0 fully saturated rings. The Labute approximate surface area is 117 Å². The van der Waals surface area contributed by atoms with Crippen LogP contribution >= 0.6 is 0 Å². The predicted octanol–water partition coefficient (Wildman–Crippen LogP) is 2.40. The molecule has 1 aromatic heterocycles. The third kappa shape index (κ3) is 2.96. The summed E-state index contributed by atoms with van der Waals surface area (Å²) in [6.45, 7) is 0.402. The van der Waals surface area contributed by atoms with E-state index in [0.29, 0.717) is 12.4 Å². The molecule has 20 heavy (non-hydrogen) atoms. The Kier molecular flexibility index (Phi) is 4.02. The first kappa shape index (κ1) is 13.6. The normalized spacial score (nSPS) is 10.6. The number of carbonyl (C=O) groups is 1. The number of hydrogen-bond acceptors (Lipinski definition) is 3. The molecule has 0 radical (unpaired) electrons. The van der Waals surface area contributed by atoms with Crippen LogP contribution in [0.2, 0.25) is 0 Å². The third-order valence-electron chi connectivity index (χ3n) is 2.83. The number of pyridine rings is 1. The summed E-state index contributed by atoms with van der Waals surface area (Å²) < 4.78 is 0. The highest BCUT2D eigenvalue weighted by Crippen LogP contribution is 2.24. The van der Waals surface area contributed by atoms with Gasteiger partial charge in [0, 0.05) is 24.1 Å². The zero-order valence-corrected chi connectivity index (χ0v) is 11.1. The molecule has 2 aromatic rings. The van der Waals surface area contributed by atoms with Gasteiger partial charge in [0.2, 0.25) is 0 Å². The van der Waals surface area contributed by atoms with Gasteiger partial charge in [-0.05, 0) is 18.2 Å². The Bertz CT molecular complexity index is 714. The lowest BCUT2D eigenvalue weighted by molar-refractivity contribution is -0.131. The van der Waals surface area contributed by atoms with Crippen LogP contribution in [-0.2, 0) is 4.79 Å². The van der Waals surface area contributed by atoms with E-state index in [1.54, 1.807) is 0 Å². The molecule has 0 spiro atoms. The van der Waals surface area contributed by atoms with Crippen molar-refractivity contribution in [1.82, 2.24) is 4.98 Å². The number of benzene rings is 1. The molecule has 0 aliphatic heterocycles. The molecule has 0 amide bonds. The smallest absolute Gasteiger partial charge is 0.328 e. The zero-order chi connectivity index (χ0) is 14.5. The molecule has 4 heteroatoms. The summed E-state index contributed by atoms with van der Waals surface area (Å²) in [5.41, 5.74) is 1.57. The molecule has 0 aliphatic rings. The molecule has 2 rings (SSSR count). The van der Waals surface area contributed by atoms with Crippen molar-refractivity contribution in [3.8, 4) is 12.3 Å². The molecule has 0 unspecified atom stereocenters. The second-order valence-corrected chi connectivity index (χ2v) is 4.33. The van der Waals surface area contributed by atoms with Crippen LogP contribution in [0.5, 0.6) is 0 Å². The van der Waals surface area contributed by atoms with Gasteiger partial charge in [0.1, 0.15) is 5.82 Å². The summed E-state index contributed by atoms with van der Waals surface area (Å²) in [7, 11) is 1.83. The van der Waals surface area contributed by atoms with Gasteiger partial charge in [0.25, 0.3) is 0 Å². The van der Waals surface area contributed by atoms with Crippen molar-refractivity contribution in [3.05, 3.63) is 42.0 Å². The lowest BCUT2D eigenvalue weighted by Crippen LogP contribution is -2.19. The number of hydrogen-bond donors (Lipinski definition) is 1. The number of para-hydroxylation sites is 1. The number of aromatic nitrogens is 1. The van der Waals surface area contributed by atoms with Gasteiger partial charge in [-0.3, -0.25) is 0 Å². The lowest BCUT2D eigenvalue weighted by Gasteiger charge is -2.18. The molecule has 1 aromatic carbocycles. The van der Waals surface area contributed by atoms with Crippen molar-refractivity contribution in [2.45, 2.75) is 0 Å². The molecular formula is C16H14N2O2. The maximum atomic E-state index is 10.7. The summed E-state index contributed by atoms with van der Waals surface area (Å²) in [6.07, 6.45) is 7.95. The van der Waals surface area contributed by atoms with Crippen molar-refractivity contribution in [2.24, 2.45) is 0 Å². The van der Waals surface area contributed by atoms with E-state index in [-0.39, 0.29) is 0 Å². The lowest BCUT2D eigenvalue weighted by atomic mass is 10.1. The number of terminal acetylenes is 1. The summed E-state index contributed by atoms with van der Waals surface area (Å²) in [4.78, 5) is 17.1. The topological polar surface area (TPSA) is 53.4 Å². The van der Waals surface area contributed by atoms with Crippen LogP contribution in [-0.4, -0.2) is 29.7 Å². The highest BCUT2D eigenvalue weighted by atomic mass is 16.4. The molecule has 0 atom stereocenters. The van der Waals surface area contributed by atoms with Gasteiger partial charge < -0.3 is 10.0 Å². The van der Waals surface area contributed by atoms with Crippen LogP contribution in [0.25, 0.3) is 17.0 Å². The van der Waals surface area contributed by atoms with Gasteiger partial charge in [0.05, 0.1) is 12.1 Å². The molecule has 0 aliphatic carbocycles. The van der Waals surface area contributed by atoms with Crippen molar-refractivity contribution < 1.29 is 9.90 Å². The van der Waals surface area contributed by atoms with Crippen LogP contribution in [0, 0.1) is 12.3 Å². The molecule has 1 heterocycles. The van der Waals surface area contributed by atoms with Crippen molar-refractivity contribution >= 4 is 28.8 Å². The van der Waals surface area contributed by atoms with Crippen molar-refractivity contribution in [3.63, 3.8) is 0 Å². The first-order chi connectivity index (χ1) is 9.61. The number of aliphatic carboxylic acids is 1. The van der Waals surface area contributed by atoms with Crippen molar-refractivity contribution in [2.75, 3.05) is 18.5 Å². The van der Waals surface area contributed by atoms with Gasteiger partial charge in [-0.1, -0.05) is 24.1 Å². The van der Waals surface area contributed by atoms with Crippen LogP contribution < -0.4 is 4.90 Å². The van der Waals surface area contributed by atoms with E-state index in [9.17, 15) is 4.79 Å². The molecule has 0 saturated carbocycles. The maximum absolute atomic E-state index is 10.7.